The Morgan fingerprint density at radius 3 is 2.39 bits per heavy atom. The average molecular weight is 477 g/mol. The lowest BCUT2D eigenvalue weighted by atomic mass is 10.0. The number of ether oxygens (including phenoxy) is 1. The number of hydrogen-bond donors (Lipinski definition) is 1. The molecule has 6 heteroatoms. The Kier molecular flexibility index (Phi) is 6.50. The molecule has 6 nitrogen and oxygen atoms in total. The summed E-state index contributed by atoms with van der Waals surface area (Å²) in [6.45, 7) is 6.76. The highest BCUT2D eigenvalue weighted by Crippen LogP contribution is 2.26. The fraction of sp³-hybridized carbons (Fsp3) is 0.167. The van der Waals surface area contributed by atoms with Crippen LogP contribution in [0.25, 0.3) is 27.8 Å². The van der Waals surface area contributed by atoms with Crippen molar-refractivity contribution in [2.75, 3.05) is 11.9 Å². The third-order valence-electron chi connectivity index (χ3n) is 5.85. The molecule has 0 atom stereocenters. The van der Waals surface area contributed by atoms with Crippen LogP contribution in [0.3, 0.4) is 0 Å². The molecule has 1 aromatic heterocycles. The third kappa shape index (κ3) is 4.98. The van der Waals surface area contributed by atoms with Crippen LogP contribution >= 0.6 is 0 Å². The maximum atomic E-state index is 13.0. The fourth-order valence-corrected chi connectivity index (χ4v) is 3.97. The molecule has 180 valence electrons. The predicted octanol–water partition coefficient (Wildman–Crippen LogP) is 6.68. The summed E-state index contributed by atoms with van der Waals surface area (Å²) >= 11 is 0. The van der Waals surface area contributed by atoms with Crippen molar-refractivity contribution in [2.45, 2.75) is 20.8 Å². The van der Waals surface area contributed by atoms with Crippen molar-refractivity contribution in [2.24, 2.45) is 5.92 Å². The van der Waals surface area contributed by atoms with E-state index in [4.69, 9.17) is 4.74 Å². The fourth-order valence-electron chi connectivity index (χ4n) is 3.97. The van der Waals surface area contributed by atoms with E-state index in [1.54, 1.807) is 4.68 Å². The lowest BCUT2D eigenvalue weighted by Gasteiger charge is -2.10. The van der Waals surface area contributed by atoms with Gasteiger partial charge in [0.15, 0.2) is 5.82 Å². The smallest absolute Gasteiger partial charge is 0.336 e. The van der Waals surface area contributed by atoms with E-state index in [-0.39, 0.29) is 5.91 Å². The Morgan fingerprint density at radius 1 is 0.917 bits per heavy atom. The van der Waals surface area contributed by atoms with Crippen LogP contribution in [0.2, 0.25) is 0 Å². The van der Waals surface area contributed by atoms with Gasteiger partial charge in [-0.2, -0.15) is 4.98 Å². The van der Waals surface area contributed by atoms with Gasteiger partial charge >= 0.3 is 6.01 Å². The van der Waals surface area contributed by atoms with Crippen LogP contribution in [0.15, 0.2) is 91.0 Å². The number of carbonyl (C=O) groups is 1. The summed E-state index contributed by atoms with van der Waals surface area (Å²) in [5.74, 6) is 0.913. The number of carbonyl (C=O) groups excluding carboxylic acids is 1. The second-order valence-electron chi connectivity index (χ2n) is 9.23. The van der Waals surface area contributed by atoms with E-state index in [2.05, 4.69) is 48.3 Å². The number of aromatic nitrogens is 3. The van der Waals surface area contributed by atoms with Crippen LogP contribution in [0, 0.1) is 12.8 Å². The van der Waals surface area contributed by atoms with E-state index < -0.39 is 0 Å². The number of nitrogens with zero attached hydrogens (tertiary/aromatic N) is 3. The molecular weight excluding hydrogens is 448 g/mol. The topological polar surface area (TPSA) is 69.0 Å². The monoisotopic (exact) mass is 476 g/mol. The van der Waals surface area contributed by atoms with Gasteiger partial charge in [-0.3, -0.25) is 4.79 Å². The number of benzene rings is 4. The summed E-state index contributed by atoms with van der Waals surface area (Å²) in [4.78, 5) is 17.7. The van der Waals surface area contributed by atoms with Crippen molar-refractivity contribution in [3.63, 3.8) is 0 Å². The van der Waals surface area contributed by atoms with Gasteiger partial charge in [0.05, 0.1) is 12.3 Å². The van der Waals surface area contributed by atoms with Gasteiger partial charge in [0, 0.05) is 16.8 Å². The molecular formula is C30H28N4O2. The normalized spacial score (nSPS) is 11.1. The van der Waals surface area contributed by atoms with Gasteiger partial charge in [-0.15, -0.1) is 5.10 Å². The molecule has 4 aromatic carbocycles. The van der Waals surface area contributed by atoms with Gasteiger partial charge in [-0.05, 0) is 53.9 Å². The molecule has 0 aliphatic rings. The Balaban J connectivity index is 1.42. The number of hydrogen-bond acceptors (Lipinski definition) is 4. The first-order valence-electron chi connectivity index (χ1n) is 12.0. The minimum Gasteiger partial charge on any atom is -0.462 e. The van der Waals surface area contributed by atoms with Gasteiger partial charge < -0.3 is 10.1 Å². The Hall–Kier alpha value is -4.45. The number of fused-ring (bicyclic) bond motifs is 1. The number of aryl methyl sites for hydroxylation is 1. The standard InChI is InChI=1S/C30H28N4O2/c1-20(2)19-36-30-32-28(23-13-11-21(3)12-14-23)34(33-30)25-17-15-24(16-18-25)31-29(35)27-10-6-8-22-7-4-5-9-26(22)27/h4-18,20H,19H2,1-3H3,(H,31,35). The van der Waals surface area contributed by atoms with Crippen LogP contribution in [-0.2, 0) is 0 Å². The highest BCUT2D eigenvalue weighted by atomic mass is 16.5. The summed E-state index contributed by atoms with van der Waals surface area (Å²) in [5, 5.41) is 9.59. The van der Waals surface area contributed by atoms with E-state index in [0.717, 1.165) is 22.0 Å². The summed E-state index contributed by atoms with van der Waals surface area (Å²) in [6.07, 6.45) is 0. The van der Waals surface area contributed by atoms with E-state index >= 15 is 0 Å². The van der Waals surface area contributed by atoms with Crippen LogP contribution in [-0.4, -0.2) is 27.3 Å². The van der Waals surface area contributed by atoms with Crippen LogP contribution < -0.4 is 10.1 Å². The van der Waals surface area contributed by atoms with Crippen molar-refractivity contribution in [1.82, 2.24) is 14.8 Å². The minimum absolute atomic E-state index is 0.148. The molecule has 5 aromatic rings. The SMILES string of the molecule is Cc1ccc(-c2nc(OCC(C)C)nn2-c2ccc(NC(=O)c3cccc4ccccc34)cc2)cc1. The zero-order valence-corrected chi connectivity index (χ0v) is 20.6. The number of nitrogens with one attached hydrogen (secondary N) is 1. The van der Waals surface area contributed by atoms with E-state index in [1.165, 1.54) is 5.56 Å². The van der Waals surface area contributed by atoms with Gasteiger partial charge in [-0.25, -0.2) is 4.68 Å². The Bertz CT molecular complexity index is 1500. The minimum atomic E-state index is -0.148. The van der Waals surface area contributed by atoms with E-state index in [0.29, 0.717) is 35.6 Å². The highest BCUT2D eigenvalue weighted by Gasteiger charge is 2.16. The van der Waals surface area contributed by atoms with Crippen molar-refractivity contribution in [3.05, 3.63) is 102 Å². The quantitative estimate of drug-likeness (QED) is 0.284. The Morgan fingerprint density at radius 2 is 1.64 bits per heavy atom. The average Bonchev–Trinajstić information content (AvgIpc) is 3.32. The van der Waals surface area contributed by atoms with Crippen molar-refractivity contribution >= 4 is 22.4 Å². The van der Waals surface area contributed by atoms with Gasteiger partial charge in [-0.1, -0.05) is 80.1 Å². The molecule has 0 fully saturated rings. The first kappa shape index (κ1) is 23.3. The summed E-state index contributed by atoms with van der Waals surface area (Å²) < 4.78 is 7.59. The largest absolute Gasteiger partial charge is 0.462 e. The van der Waals surface area contributed by atoms with Gasteiger partial charge in [0.2, 0.25) is 0 Å². The Labute approximate surface area is 210 Å². The molecule has 0 radical (unpaired) electrons. The molecule has 0 spiro atoms. The zero-order chi connectivity index (χ0) is 25.1. The third-order valence-corrected chi connectivity index (χ3v) is 5.85. The van der Waals surface area contributed by atoms with Crippen molar-refractivity contribution in [1.29, 1.82) is 0 Å². The maximum Gasteiger partial charge on any atom is 0.336 e. The van der Waals surface area contributed by atoms with Crippen LogP contribution in [0.5, 0.6) is 6.01 Å². The molecule has 1 heterocycles. The number of anilines is 1. The predicted molar refractivity (Wildman–Crippen MR) is 144 cm³/mol. The molecule has 0 unspecified atom stereocenters. The van der Waals surface area contributed by atoms with Crippen molar-refractivity contribution < 1.29 is 9.53 Å². The first-order valence-corrected chi connectivity index (χ1v) is 12.0. The van der Waals surface area contributed by atoms with Crippen LogP contribution in [0.1, 0.15) is 29.8 Å². The molecule has 1 N–H and O–H groups in total. The molecule has 0 saturated carbocycles. The molecule has 0 bridgehead atoms. The molecule has 0 saturated heterocycles. The van der Waals surface area contributed by atoms with Gasteiger partial charge in [0.25, 0.3) is 5.91 Å². The molecule has 0 aliphatic carbocycles. The number of amides is 1. The lowest BCUT2D eigenvalue weighted by molar-refractivity contribution is 0.102. The van der Waals surface area contributed by atoms with Gasteiger partial charge in [0.1, 0.15) is 0 Å². The summed E-state index contributed by atoms with van der Waals surface area (Å²) in [5.41, 5.74) is 4.28. The van der Waals surface area contributed by atoms with E-state index in [1.807, 2.05) is 78.9 Å². The molecule has 5 rings (SSSR count). The highest BCUT2D eigenvalue weighted by molar-refractivity contribution is 6.12. The molecule has 1 amide bonds. The molecule has 36 heavy (non-hydrogen) atoms. The summed E-state index contributed by atoms with van der Waals surface area (Å²) in [6, 6.07) is 29.7. The van der Waals surface area contributed by atoms with E-state index in [9.17, 15) is 4.79 Å². The molecule has 0 aliphatic heterocycles. The van der Waals surface area contributed by atoms with Crippen molar-refractivity contribution in [3.8, 4) is 23.1 Å². The maximum absolute atomic E-state index is 13.0. The first-order chi connectivity index (χ1) is 17.5. The lowest BCUT2D eigenvalue weighted by Crippen LogP contribution is -2.12. The second kappa shape index (κ2) is 10.0. The zero-order valence-electron chi connectivity index (χ0n) is 20.6. The van der Waals surface area contributed by atoms with Crippen LogP contribution in [0.4, 0.5) is 5.69 Å². The number of rotatable bonds is 7. The summed E-state index contributed by atoms with van der Waals surface area (Å²) in [7, 11) is 0. The second-order valence-corrected chi connectivity index (χ2v) is 9.23.